The quantitative estimate of drug-likeness (QED) is 0.471. The van der Waals surface area contributed by atoms with E-state index in [-0.39, 0.29) is 18.5 Å². The molecule has 2 fully saturated rings. The minimum Gasteiger partial charge on any atom is -0.315 e. The number of amides is 4. The van der Waals surface area contributed by atoms with Crippen molar-refractivity contribution >= 4 is 34.3 Å². The van der Waals surface area contributed by atoms with Gasteiger partial charge in [0.1, 0.15) is 12.6 Å². The highest BCUT2D eigenvalue weighted by atomic mass is 32.1. The molecule has 0 aromatic carbocycles. The van der Waals surface area contributed by atoms with Crippen LogP contribution in [0.3, 0.4) is 0 Å². The first-order chi connectivity index (χ1) is 13.6. The van der Waals surface area contributed by atoms with Crippen molar-refractivity contribution in [2.45, 2.75) is 51.0 Å². The number of nitrogens with one attached hydrogen (secondary N) is 2. The molecular formula is C18H27N5O4S. The minimum atomic E-state index is -0.636. The largest absolute Gasteiger partial charge is 0.321 e. The summed E-state index contributed by atoms with van der Waals surface area (Å²) in [5, 5.41) is 13.9. The first-order valence-corrected chi connectivity index (χ1v) is 10.6. The van der Waals surface area contributed by atoms with Crippen LogP contribution in [0, 0.1) is 5.92 Å². The maximum atomic E-state index is 13.1. The predicted molar refractivity (Wildman–Crippen MR) is 104 cm³/mol. The lowest BCUT2D eigenvalue weighted by Gasteiger charge is -2.31. The zero-order chi connectivity index (χ0) is 19.9. The van der Waals surface area contributed by atoms with Crippen LogP contribution in [-0.4, -0.2) is 63.5 Å². The Hall–Kier alpha value is -2.20. The van der Waals surface area contributed by atoms with Gasteiger partial charge in [-0.05, 0) is 25.2 Å². The van der Waals surface area contributed by atoms with Crippen LogP contribution in [0.15, 0.2) is 11.6 Å². The molecule has 1 aromatic rings. The first kappa shape index (κ1) is 20.5. The highest BCUT2D eigenvalue weighted by Crippen LogP contribution is 2.28. The van der Waals surface area contributed by atoms with Gasteiger partial charge in [0.2, 0.25) is 5.91 Å². The SMILES string of the molecule is O=C(CN(CCC1CCCC1)C(=O)N1CCCC1C(=O)Nc1nccs1)NO. The third-order valence-corrected chi connectivity index (χ3v) is 6.16. The second kappa shape index (κ2) is 9.83. The number of thiazole rings is 1. The highest BCUT2D eigenvalue weighted by Gasteiger charge is 2.37. The van der Waals surface area contributed by atoms with Crippen molar-refractivity contribution in [3.8, 4) is 0 Å². The maximum Gasteiger partial charge on any atom is 0.321 e. The van der Waals surface area contributed by atoms with Crippen LogP contribution in [0.4, 0.5) is 9.93 Å². The van der Waals surface area contributed by atoms with E-state index in [4.69, 9.17) is 5.21 Å². The number of hydrogen-bond donors (Lipinski definition) is 3. The summed E-state index contributed by atoms with van der Waals surface area (Å²) in [5.41, 5.74) is 1.60. The Balaban J connectivity index is 1.64. The summed E-state index contributed by atoms with van der Waals surface area (Å²) in [7, 11) is 0. The average molecular weight is 410 g/mol. The zero-order valence-corrected chi connectivity index (χ0v) is 16.6. The van der Waals surface area contributed by atoms with Crippen molar-refractivity contribution in [3.63, 3.8) is 0 Å². The van der Waals surface area contributed by atoms with E-state index in [1.807, 2.05) is 0 Å². The Labute approximate surface area is 168 Å². The van der Waals surface area contributed by atoms with E-state index in [2.05, 4.69) is 10.3 Å². The summed E-state index contributed by atoms with van der Waals surface area (Å²) < 4.78 is 0. The van der Waals surface area contributed by atoms with E-state index in [1.165, 1.54) is 34.0 Å². The van der Waals surface area contributed by atoms with Crippen LogP contribution >= 0.6 is 11.3 Å². The summed E-state index contributed by atoms with van der Waals surface area (Å²) in [6.45, 7) is 0.684. The van der Waals surface area contributed by atoms with Gasteiger partial charge in [-0.3, -0.25) is 14.8 Å². The van der Waals surface area contributed by atoms with Gasteiger partial charge in [0.15, 0.2) is 5.13 Å². The van der Waals surface area contributed by atoms with Gasteiger partial charge in [0.25, 0.3) is 5.91 Å². The van der Waals surface area contributed by atoms with Crippen LogP contribution < -0.4 is 10.8 Å². The van der Waals surface area contributed by atoms with Gasteiger partial charge in [0, 0.05) is 24.7 Å². The monoisotopic (exact) mass is 409 g/mol. The number of carbonyl (C=O) groups is 3. The fourth-order valence-electron chi connectivity index (χ4n) is 4.01. The molecule has 1 saturated carbocycles. The topological polar surface area (TPSA) is 115 Å². The second-order valence-corrected chi connectivity index (χ2v) is 8.25. The molecule has 10 heteroatoms. The minimum absolute atomic E-state index is 0.223. The number of nitrogens with zero attached hydrogens (tertiary/aromatic N) is 3. The average Bonchev–Trinajstić information content (AvgIpc) is 3.46. The molecule has 2 heterocycles. The Bertz CT molecular complexity index is 678. The first-order valence-electron chi connectivity index (χ1n) is 9.77. The maximum absolute atomic E-state index is 13.1. The van der Waals surface area contributed by atoms with Crippen molar-refractivity contribution in [1.82, 2.24) is 20.3 Å². The van der Waals surface area contributed by atoms with Gasteiger partial charge < -0.3 is 15.1 Å². The van der Waals surface area contributed by atoms with Crippen molar-refractivity contribution < 1.29 is 19.6 Å². The van der Waals surface area contributed by atoms with E-state index in [1.54, 1.807) is 17.1 Å². The number of aromatic nitrogens is 1. The number of likely N-dealkylation sites (tertiary alicyclic amines) is 1. The third kappa shape index (κ3) is 5.20. The normalized spacial score (nSPS) is 19.6. The lowest BCUT2D eigenvalue weighted by Crippen LogP contribution is -2.51. The van der Waals surface area contributed by atoms with Crippen molar-refractivity contribution in [3.05, 3.63) is 11.6 Å². The molecule has 1 unspecified atom stereocenters. The Morgan fingerprint density at radius 1 is 1.25 bits per heavy atom. The molecule has 2 aliphatic rings. The molecule has 9 nitrogen and oxygen atoms in total. The molecule has 28 heavy (non-hydrogen) atoms. The molecule has 154 valence electrons. The summed E-state index contributed by atoms with van der Waals surface area (Å²) in [4.78, 5) is 44.5. The van der Waals surface area contributed by atoms with Crippen LogP contribution in [0.2, 0.25) is 0 Å². The standard InChI is InChI=1S/C18H27N5O4S/c24-15(21-27)12-22(10-7-13-4-1-2-5-13)18(26)23-9-3-6-14(23)16(25)20-17-19-8-11-28-17/h8,11,13-14,27H,1-7,9-10,12H2,(H,21,24)(H,19,20,25). The van der Waals surface area contributed by atoms with Crippen molar-refractivity contribution in [1.29, 1.82) is 0 Å². The van der Waals surface area contributed by atoms with E-state index in [0.29, 0.717) is 30.6 Å². The number of rotatable bonds is 7. The lowest BCUT2D eigenvalue weighted by atomic mass is 10.0. The van der Waals surface area contributed by atoms with Gasteiger partial charge in [0.05, 0.1) is 0 Å². The molecule has 1 aliphatic heterocycles. The Kier molecular flexibility index (Phi) is 7.21. The molecule has 0 spiro atoms. The van der Waals surface area contributed by atoms with Crippen LogP contribution in [0.1, 0.15) is 44.9 Å². The smallest absolute Gasteiger partial charge is 0.315 e. The van der Waals surface area contributed by atoms with E-state index >= 15 is 0 Å². The van der Waals surface area contributed by atoms with Crippen LogP contribution in [0.25, 0.3) is 0 Å². The molecule has 3 N–H and O–H groups in total. The van der Waals surface area contributed by atoms with Crippen LogP contribution in [-0.2, 0) is 9.59 Å². The molecule has 3 rings (SSSR count). The Morgan fingerprint density at radius 3 is 2.71 bits per heavy atom. The predicted octanol–water partition coefficient (Wildman–Crippen LogP) is 2.05. The molecule has 1 saturated heterocycles. The zero-order valence-electron chi connectivity index (χ0n) is 15.8. The molecule has 1 atom stereocenters. The van der Waals surface area contributed by atoms with Crippen LogP contribution in [0.5, 0.6) is 0 Å². The third-order valence-electron chi connectivity index (χ3n) is 5.48. The highest BCUT2D eigenvalue weighted by molar-refractivity contribution is 7.13. The molecule has 0 bridgehead atoms. The number of hydrogen-bond acceptors (Lipinski definition) is 6. The fourth-order valence-corrected chi connectivity index (χ4v) is 4.54. The van der Waals surface area contributed by atoms with Crippen molar-refractivity contribution in [2.75, 3.05) is 25.0 Å². The Morgan fingerprint density at radius 2 is 2.04 bits per heavy atom. The fraction of sp³-hybridized carbons (Fsp3) is 0.667. The number of urea groups is 1. The van der Waals surface area contributed by atoms with E-state index < -0.39 is 11.9 Å². The molecule has 4 amide bonds. The number of carbonyl (C=O) groups excluding carboxylic acids is 3. The lowest BCUT2D eigenvalue weighted by molar-refractivity contribution is -0.129. The number of hydroxylamine groups is 1. The molecule has 0 radical (unpaired) electrons. The van der Waals surface area contributed by atoms with Gasteiger partial charge in [-0.25, -0.2) is 15.3 Å². The van der Waals surface area contributed by atoms with Gasteiger partial charge >= 0.3 is 6.03 Å². The number of anilines is 1. The summed E-state index contributed by atoms with van der Waals surface area (Å²) in [6.07, 6.45) is 8.45. The van der Waals surface area contributed by atoms with E-state index in [9.17, 15) is 14.4 Å². The second-order valence-electron chi connectivity index (χ2n) is 7.36. The molecule has 1 aromatic heterocycles. The molecule has 1 aliphatic carbocycles. The van der Waals surface area contributed by atoms with Gasteiger partial charge in [-0.15, -0.1) is 11.3 Å². The van der Waals surface area contributed by atoms with Crippen molar-refractivity contribution in [2.24, 2.45) is 5.92 Å². The van der Waals surface area contributed by atoms with Gasteiger partial charge in [-0.2, -0.15) is 0 Å². The molecular weight excluding hydrogens is 382 g/mol. The van der Waals surface area contributed by atoms with Gasteiger partial charge in [-0.1, -0.05) is 25.7 Å². The summed E-state index contributed by atoms with van der Waals surface area (Å²) in [6, 6.07) is -0.916. The van der Waals surface area contributed by atoms with E-state index in [0.717, 1.165) is 25.7 Å². The summed E-state index contributed by atoms with van der Waals surface area (Å²) in [5.74, 6) is -0.332. The summed E-state index contributed by atoms with van der Waals surface area (Å²) >= 11 is 1.32.